The molecule has 138 valence electrons. The van der Waals surface area contributed by atoms with Gasteiger partial charge in [0, 0.05) is 32.2 Å². The van der Waals surface area contributed by atoms with E-state index in [1.165, 1.54) is 4.90 Å². The van der Waals surface area contributed by atoms with Crippen molar-refractivity contribution in [2.45, 2.75) is 26.3 Å². The third kappa shape index (κ3) is 3.29. The van der Waals surface area contributed by atoms with E-state index in [4.69, 9.17) is 0 Å². The maximum Gasteiger partial charge on any atom is 0.317 e. The highest BCUT2D eigenvalue weighted by Crippen LogP contribution is 2.29. The molecule has 7 nitrogen and oxygen atoms in total. The Kier molecular flexibility index (Phi) is 4.71. The zero-order valence-corrected chi connectivity index (χ0v) is 15.0. The smallest absolute Gasteiger partial charge is 0.317 e. The van der Waals surface area contributed by atoms with Crippen LogP contribution >= 0.6 is 0 Å². The molecule has 2 heterocycles. The van der Waals surface area contributed by atoms with Gasteiger partial charge in [-0.15, -0.1) is 0 Å². The van der Waals surface area contributed by atoms with Crippen LogP contribution in [0.15, 0.2) is 35.1 Å². The number of amides is 2. The zero-order valence-electron chi connectivity index (χ0n) is 15.0. The largest absolute Gasteiger partial charge is 0.481 e. The molecule has 0 bridgehead atoms. The van der Waals surface area contributed by atoms with Crippen LogP contribution in [-0.2, 0) is 18.4 Å². The first kappa shape index (κ1) is 18.0. The molecular formula is C19H23N3O4. The molecule has 0 radical (unpaired) electrons. The minimum Gasteiger partial charge on any atom is -0.481 e. The molecule has 2 amide bonds. The van der Waals surface area contributed by atoms with Crippen molar-refractivity contribution >= 4 is 22.9 Å². The summed E-state index contributed by atoms with van der Waals surface area (Å²) in [7, 11) is 1.71. The highest BCUT2D eigenvalue weighted by atomic mass is 16.4. The normalized spacial score (nSPS) is 20.2. The van der Waals surface area contributed by atoms with Gasteiger partial charge >= 0.3 is 12.0 Å². The number of carbonyl (C=O) groups excluding carboxylic acids is 1. The number of nitrogens with one attached hydrogen (secondary N) is 1. The van der Waals surface area contributed by atoms with Gasteiger partial charge in [0.05, 0.1) is 10.9 Å². The van der Waals surface area contributed by atoms with E-state index in [1.54, 1.807) is 24.6 Å². The summed E-state index contributed by atoms with van der Waals surface area (Å²) in [6.45, 7) is 2.46. The molecule has 1 aromatic carbocycles. The average Bonchev–Trinajstić information content (AvgIpc) is 2.63. The third-order valence-corrected chi connectivity index (χ3v) is 5.14. The first-order valence-corrected chi connectivity index (χ1v) is 8.66. The van der Waals surface area contributed by atoms with Gasteiger partial charge in [0.25, 0.3) is 5.56 Å². The topological polar surface area (TPSA) is 91.6 Å². The fraction of sp³-hybridized carbons (Fsp3) is 0.421. The second-order valence-electron chi connectivity index (χ2n) is 7.14. The van der Waals surface area contributed by atoms with Crippen molar-refractivity contribution in [3.8, 4) is 0 Å². The Labute approximate surface area is 151 Å². The Bertz CT molecular complexity index is 921. The highest BCUT2D eigenvalue weighted by Gasteiger charge is 2.39. The Hall–Kier alpha value is -2.83. The molecule has 0 saturated carbocycles. The van der Waals surface area contributed by atoms with Crippen molar-refractivity contribution in [1.29, 1.82) is 0 Å². The van der Waals surface area contributed by atoms with Crippen LogP contribution < -0.4 is 10.9 Å². The predicted molar refractivity (Wildman–Crippen MR) is 98.0 cm³/mol. The summed E-state index contributed by atoms with van der Waals surface area (Å²) < 4.78 is 1.57. The van der Waals surface area contributed by atoms with E-state index in [2.05, 4.69) is 5.32 Å². The Morgan fingerprint density at radius 1 is 1.31 bits per heavy atom. The molecule has 1 saturated heterocycles. The lowest BCUT2D eigenvalue weighted by atomic mass is 9.82. The van der Waals surface area contributed by atoms with Crippen LogP contribution in [0.3, 0.4) is 0 Å². The summed E-state index contributed by atoms with van der Waals surface area (Å²) in [5.74, 6) is -0.890. The maximum atomic E-state index is 12.5. The molecule has 1 fully saturated rings. The molecule has 0 spiro atoms. The SMILES string of the molecule is Cn1c(=O)c(CNC(=O)N2CCCC(C)(C(=O)O)C2)cc2ccccc21. The lowest BCUT2D eigenvalue weighted by Gasteiger charge is -2.37. The molecule has 1 aliphatic rings. The summed E-state index contributed by atoms with van der Waals surface area (Å²) in [5.41, 5.74) is 0.255. The van der Waals surface area contributed by atoms with Gasteiger partial charge < -0.3 is 19.9 Å². The summed E-state index contributed by atoms with van der Waals surface area (Å²) in [6, 6.07) is 9.01. The Morgan fingerprint density at radius 2 is 2.04 bits per heavy atom. The number of hydrogen-bond donors (Lipinski definition) is 2. The van der Waals surface area contributed by atoms with E-state index in [0.717, 1.165) is 10.9 Å². The number of pyridine rings is 1. The number of benzene rings is 1. The van der Waals surface area contributed by atoms with E-state index < -0.39 is 11.4 Å². The van der Waals surface area contributed by atoms with Gasteiger partial charge in [0.2, 0.25) is 0 Å². The van der Waals surface area contributed by atoms with Gasteiger partial charge in [-0.25, -0.2) is 4.79 Å². The number of carboxylic acids is 1. The number of nitrogens with zero attached hydrogens (tertiary/aromatic N) is 2. The first-order valence-electron chi connectivity index (χ1n) is 8.66. The molecule has 1 aliphatic heterocycles. The molecule has 26 heavy (non-hydrogen) atoms. The van der Waals surface area contributed by atoms with Crippen LogP contribution in [0.4, 0.5) is 4.79 Å². The van der Waals surface area contributed by atoms with Crippen molar-refractivity contribution in [3.05, 3.63) is 46.2 Å². The monoisotopic (exact) mass is 357 g/mol. The summed E-state index contributed by atoms with van der Waals surface area (Å²) in [5, 5.41) is 13.1. The minimum atomic E-state index is -0.922. The number of carboxylic acid groups (broad SMARTS) is 1. The van der Waals surface area contributed by atoms with E-state index >= 15 is 0 Å². The van der Waals surface area contributed by atoms with Gasteiger partial charge in [-0.1, -0.05) is 18.2 Å². The lowest BCUT2D eigenvalue weighted by molar-refractivity contribution is -0.150. The fourth-order valence-electron chi connectivity index (χ4n) is 3.49. The Balaban J connectivity index is 1.74. The number of urea groups is 1. The van der Waals surface area contributed by atoms with E-state index in [9.17, 15) is 19.5 Å². The number of likely N-dealkylation sites (tertiary alicyclic amines) is 1. The average molecular weight is 357 g/mol. The fourth-order valence-corrected chi connectivity index (χ4v) is 3.49. The molecule has 1 atom stereocenters. The van der Waals surface area contributed by atoms with Crippen LogP contribution in [-0.4, -0.2) is 39.7 Å². The van der Waals surface area contributed by atoms with Crippen LogP contribution in [0, 0.1) is 5.41 Å². The number of para-hydroxylation sites is 1. The quantitative estimate of drug-likeness (QED) is 0.878. The Morgan fingerprint density at radius 3 is 2.77 bits per heavy atom. The number of aromatic nitrogens is 1. The number of hydrogen-bond acceptors (Lipinski definition) is 3. The molecular weight excluding hydrogens is 334 g/mol. The van der Waals surface area contributed by atoms with Crippen molar-refractivity contribution in [1.82, 2.24) is 14.8 Å². The third-order valence-electron chi connectivity index (χ3n) is 5.14. The lowest BCUT2D eigenvalue weighted by Crippen LogP contribution is -2.51. The second-order valence-corrected chi connectivity index (χ2v) is 7.14. The summed E-state index contributed by atoms with van der Waals surface area (Å²) >= 11 is 0. The number of aryl methyl sites for hydroxylation is 1. The van der Waals surface area contributed by atoms with E-state index in [0.29, 0.717) is 24.9 Å². The summed E-state index contributed by atoms with van der Waals surface area (Å²) in [6.07, 6.45) is 1.20. The minimum absolute atomic E-state index is 0.108. The molecule has 2 aromatic rings. The second kappa shape index (κ2) is 6.82. The van der Waals surface area contributed by atoms with Crippen molar-refractivity contribution in [2.75, 3.05) is 13.1 Å². The van der Waals surface area contributed by atoms with E-state index in [-0.39, 0.29) is 24.7 Å². The summed E-state index contributed by atoms with van der Waals surface area (Å²) in [4.78, 5) is 37.9. The van der Waals surface area contributed by atoms with Gasteiger partial charge in [0.1, 0.15) is 0 Å². The standard InChI is InChI=1S/C19H23N3O4/c1-19(17(24)25)8-5-9-22(12-19)18(26)20-11-14-10-13-6-3-4-7-15(13)21(2)16(14)23/h3-4,6-7,10H,5,8-9,11-12H2,1-2H3,(H,20,26)(H,24,25). The molecule has 3 rings (SSSR count). The van der Waals surface area contributed by atoms with Crippen molar-refractivity contribution in [2.24, 2.45) is 12.5 Å². The van der Waals surface area contributed by atoms with Gasteiger partial charge in [-0.2, -0.15) is 0 Å². The molecule has 1 aromatic heterocycles. The highest BCUT2D eigenvalue weighted by molar-refractivity contribution is 5.80. The van der Waals surface area contributed by atoms with Crippen molar-refractivity contribution in [3.63, 3.8) is 0 Å². The van der Waals surface area contributed by atoms with Crippen LogP contribution in [0.1, 0.15) is 25.3 Å². The maximum absolute atomic E-state index is 12.5. The number of carbonyl (C=O) groups is 2. The predicted octanol–water partition coefficient (Wildman–Crippen LogP) is 1.93. The molecule has 0 aliphatic carbocycles. The number of piperidine rings is 1. The zero-order chi connectivity index (χ0) is 18.9. The molecule has 1 unspecified atom stereocenters. The van der Waals surface area contributed by atoms with Gasteiger partial charge in [0.15, 0.2) is 0 Å². The number of rotatable bonds is 3. The van der Waals surface area contributed by atoms with Crippen LogP contribution in [0.2, 0.25) is 0 Å². The van der Waals surface area contributed by atoms with Crippen molar-refractivity contribution < 1.29 is 14.7 Å². The number of fused-ring (bicyclic) bond motifs is 1. The van der Waals surface area contributed by atoms with E-state index in [1.807, 2.05) is 24.3 Å². The number of aliphatic carboxylic acids is 1. The van der Waals surface area contributed by atoms with Crippen LogP contribution in [0.5, 0.6) is 0 Å². The molecule has 2 N–H and O–H groups in total. The first-order chi connectivity index (χ1) is 12.3. The molecule has 7 heteroatoms. The van der Waals surface area contributed by atoms with Gasteiger partial charge in [-0.05, 0) is 37.3 Å². The van der Waals surface area contributed by atoms with Gasteiger partial charge in [-0.3, -0.25) is 9.59 Å². The van der Waals surface area contributed by atoms with Crippen LogP contribution in [0.25, 0.3) is 10.9 Å².